The van der Waals surface area contributed by atoms with Gasteiger partial charge in [0.1, 0.15) is 5.82 Å². The molecule has 0 aliphatic heterocycles. The number of nitrogens with zero attached hydrogens (tertiary/aromatic N) is 2. The summed E-state index contributed by atoms with van der Waals surface area (Å²) < 4.78 is 31.8. The van der Waals surface area contributed by atoms with Gasteiger partial charge < -0.3 is 4.74 Å². The molecule has 1 unspecified atom stereocenters. The van der Waals surface area contributed by atoms with Crippen LogP contribution >= 0.6 is 0 Å². The Labute approximate surface area is 120 Å². The number of aryl methyl sites for hydroxylation is 1. The maximum atomic E-state index is 12.1. The van der Waals surface area contributed by atoms with E-state index in [1.807, 2.05) is 6.92 Å². The van der Waals surface area contributed by atoms with E-state index in [4.69, 9.17) is 4.74 Å². The molecule has 1 atom stereocenters. The number of rotatable bonds is 8. The number of sulfonamides is 1. The number of hydrogen-bond donors (Lipinski definition) is 1. The maximum Gasteiger partial charge on any atom is 0.212 e. The van der Waals surface area contributed by atoms with Crippen molar-refractivity contribution >= 4 is 10.0 Å². The fourth-order valence-electron chi connectivity index (χ4n) is 2.05. The number of nitrogens with one attached hydrogen (secondary N) is 1. The lowest BCUT2D eigenvalue weighted by molar-refractivity contribution is 0.199. The Kier molecular flexibility index (Phi) is 5.06. The second-order valence-corrected chi connectivity index (χ2v) is 7.03. The summed E-state index contributed by atoms with van der Waals surface area (Å²) in [4.78, 5) is 8.57. The summed E-state index contributed by atoms with van der Waals surface area (Å²) in [7, 11) is -1.77. The molecule has 20 heavy (non-hydrogen) atoms. The zero-order valence-corrected chi connectivity index (χ0v) is 12.7. The van der Waals surface area contributed by atoms with Gasteiger partial charge in [0.2, 0.25) is 10.0 Å². The molecule has 0 amide bonds. The average molecular weight is 299 g/mol. The van der Waals surface area contributed by atoms with Crippen molar-refractivity contribution in [2.45, 2.75) is 32.2 Å². The molecule has 1 fully saturated rings. The van der Waals surface area contributed by atoms with Crippen LogP contribution in [0.4, 0.5) is 0 Å². The van der Waals surface area contributed by atoms with Crippen LogP contribution in [0.2, 0.25) is 0 Å². The summed E-state index contributed by atoms with van der Waals surface area (Å²) in [5.41, 5.74) is 0.847. The zero-order valence-electron chi connectivity index (χ0n) is 11.9. The minimum Gasteiger partial charge on any atom is -0.385 e. The van der Waals surface area contributed by atoms with Crippen LogP contribution in [0.15, 0.2) is 12.3 Å². The normalized spacial score (nSPS) is 17.1. The molecule has 1 aliphatic rings. The molecule has 1 heterocycles. The molecule has 0 saturated heterocycles. The molecule has 1 aliphatic carbocycles. The molecule has 112 valence electrons. The summed E-state index contributed by atoms with van der Waals surface area (Å²) in [5, 5.41) is 0. The third-order valence-corrected chi connectivity index (χ3v) is 4.69. The van der Waals surface area contributed by atoms with Crippen molar-refractivity contribution in [1.82, 2.24) is 14.7 Å². The van der Waals surface area contributed by atoms with Crippen molar-refractivity contribution < 1.29 is 13.2 Å². The summed E-state index contributed by atoms with van der Waals surface area (Å²) >= 11 is 0. The monoisotopic (exact) mass is 299 g/mol. The molecule has 1 aromatic rings. The van der Waals surface area contributed by atoms with Crippen LogP contribution in [0, 0.1) is 12.8 Å². The lowest BCUT2D eigenvalue weighted by Crippen LogP contribution is -2.33. The summed E-state index contributed by atoms with van der Waals surface area (Å²) in [6.45, 7) is 2.32. The molecule has 6 nitrogen and oxygen atoms in total. The first kappa shape index (κ1) is 15.3. The molecule has 0 bridgehead atoms. The van der Waals surface area contributed by atoms with E-state index in [0.717, 1.165) is 18.5 Å². The third kappa shape index (κ3) is 4.50. The first-order valence-electron chi connectivity index (χ1n) is 6.80. The second-order valence-electron chi connectivity index (χ2n) is 5.15. The van der Waals surface area contributed by atoms with Crippen LogP contribution in [0.5, 0.6) is 0 Å². The van der Waals surface area contributed by atoms with Crippen molar-refractivity contribution in [3.8, 4) is 0 Å². The maximum absolute atomic E-state index is 12.1. The highest BCUT2D eigenvalue weighted by molar-refractivity contribution is 7.89. The quantitative estimate of drug-likeness (QED) is 0.729. The Morgan fingerprint density at radius 2 is 2.25 bits per heavy atom. The van der Waals surface area contributed by atoms with E-state index in [9.17, 15) is 8.42 Å². The Bertz CT molecular complexity index is 544. The molecule has 1 N–H and O–H groups in total. The van der Waals surface area contributed by atoms with E-state index in [1.165, 1.54) is 0 Å². The van der Waals surface area contributed by atoms with Crippen LogP contribution in [0.3, 0.4) is 0 Å². The number of hydrogen-bond acceptors (Lipinski definition) is 5. The Morgan fingerprint density at radius 1 is 1.50 bits per heavy atom. The van der Waals surface area contributed by atoms with E-state index in [0.29, 0.717) is 24.8 Å². The second kappa shape index (κ2) is 6.60. The molecule has 7 heteroatoms. The Balaban J connectivity index is 2.06. The first-order valence-corrected chi connectivity index (χ1v) is 8.45. The van der Waals surface area contributed by atoms with Crippen molar-refractivity contribution in [3.63, 3.8) is 0 Å². The van der Waals surface area contributed by atoms with Crippen LogP contribution in [-0.4, -0.2) is 37.9 Å². The fraction of sp³-hybridized carbons (Fsp3) is 0.692. The van der Waals surface area contributed by atoms with E-state index in [2.05, 4.69) is 14.7 Å². The highest BCUT2D eigenvalue weighted by Crippen LogP contribution is 2.40. The van der Waals surface area contributed by atoms with E-state index < -0.39 is 10.0 Å². The largest absolute Gasteiger partial charge is 0.385 e. The summed E-state index contributed by atoms with van der Waals surface area (Å²) in [5.74, 6) is 0.951. The van der Waals surface area contributed by atoms with Crippen LogP contribution in [0.1, 0.15) is 36.8 Å². The highest BCUT2D eigenvalue weighted by Gasteiger charge is 2.36. The van der Waals surface area contributed by atoms with Gasteiger partial charge in [0.15, 0.2) is 0 Å². The minimum atomic E-state index is -3.33. The van der Waals surface area contributed by atoms with Gasteiger partial charge in [-0.05, 0) is 38.2 Å². The van der Waals surface area contributed by atoms with Gasteiger partial charge >= 0.3 is 0 Å². The minimum absolute atomic E-state index is 0.0654. The van der Waals surface area contributed by atoms with E-state index >= 15 is 0 Å². The van der Waals surface area contributed by atoms with Crippen molar-refractivity contribution in [3.05, 3.63) is 23.8 Å². The first-order chi connectivity index (χ1) is 9.52. The SMILES string of the molecule is COCCCS(=O)(=O)NC(c1nccc(C)n1)C1CC1. The van der Waals surface area contributed by atoms with Crippen LogP contribution < -0.4 is 4.72 Å². The molecular formula is C13H21N3O3S. The molecule has 0 spiro atoms. The topological polar surface area (TPSA) is 81.2 Å². The zero-order chi connectivity index (χ0) is 14.6. The molecule has 1 aromatic heterocycles. The predicted octanol–water partition coefficient (Wildman–Crippen LogP) is 1.19. The van der Waals surface area contributed by atoms with Crippen molar-refractivity contribution in [2.24, 2.45) is 5.92 Å². The van der Waals surface area contributed by atoms with Gasteiger partial charge in [-0.15, -0.1) is 0 Å². The number of ether oxygens (including phenoxy) is 1. The molecule has 2 rings (SSSR count). The van der Waals surface area contributed by atoms with Crippen molar-refractivity contribution in [2.75, 3.05) is 19.5 Å². The number of methoxy groups -OCH3 is 1. The summed E-state index contributed by atoms with van der Waals surface area (Å²) in [6.07, 6.45) is 4.19. The van der Waals surface area contributed by atoms with Crippen molar-refractivity contribution in [1.29, 1.82) is 0 Å². The van der Waals surface area contributed by atoms with Gasteiger partial charge in [0, 0.05) is 25.6 Å². The van der Waals surface area contributed by atoms with Gasteiger partial charge in [0.05, 0.1) is 11.8 Å². The highest BCUT2D eigenvalue weighted by atomic mass is 32.2. The standard InChI is InChI=1S/C13H21N3O3S/c1-10-6-7-14-13(15-10)12(11-4-5-11)16-20(17,18)9-3-8-19-2/h6-7,11-12,16H,3-5,8-9H2,1-2H3. The van der Waals surface area contributed by atoms with Gasteiger partial charge in [0.25, 0.3) is 0 Å². The Morgan fingerprint density at radius 3 is 2.85 bits per heavy atom. The van der Waals surface area contributed by atoms with Crippen LogP contribution in [-0.2, 0) is 14.8 Å². The van der Waals surface area contributed by atoms with Gasteiger partial charge in [-0.25, -0.2) is 23.1 Å². The van der Waals surface area contributed by atoms with Gasteiger partial charge in [-0.3, -0.25) is 0 Å². The van der Waals surface area contributed by atoms with Crippen LogP contribution in [0.25, 0.3) is 0 Å². The summed E-state index contributed by atoms with van der Waals surface area (Å²) in [6, 6.07) is 1.50. The average Bonchev–Trinajstić information content (AvgIpc) is 3.20. The van der Waals surface area contributed by atoms with Gasteiger partial charge in [-0.1, -0.05) is 0 Å². The fourth-order valence-corrected chi connectivity index (χ4v) is 3.35. The molecular weight excluding hydrogens is 278 g/mol. The van der Waals surface area contributed by atoms with E-state index in [1.54, 1.807) is 19.4 Å². The predicted molar refractivity (Wildman–Crippen MR) is 75.6 cm³/mol. The molecule has 1 saturated carbocycles. The Hall–Kier alpha value is -1.05. The molecule has 0 radical (unpaired) electrons. The lowest BCUT2D eigenvalue weighted by Gasteiger charge is -2.17. The molecule has 0 aromatic carbocycles. The lowest BCUT2D eigenvalue weighted by atomic mass is 10.2. The van der Waals surface area contributed by atoms with E-state index in [-0.39, 0.29) is 11.8 Å². The smallest absolute Gasteiger partial charge is 0.212 e. The van der Waals surface area contributed by atoms with Gasteiger partial charge in [-0.2, -0.15) is 0 Å². The number of aromatic nitrogens is 2. The third-order valence-electron chi connectivity index (χ3n) is 3.25.